The van der Waals surface area contributed by atoms with Gasteiger partial charge in [-0.05, 0) is 18.6 Å². The molecule has 0 saturated carbocycles. The number of H-pyrrole nitrogens is 1. The minimum absolute atomic E-state index is 0.146. The molecule has 1 aromatic carbocycles. The highest BCUT2D eigenvalue weighted by molar-refractivity contribution is 6.02. The maximum Gasteiger partial charge on any atom is 0.229 e. The van der Waals surface area contributed by atoms with E-state index >= 15 is 0 Å². The molecule has 1 aliphatic rings. The maximum atomic E-state index is 11.8. The van der Waals surface area contributed by atoms with Crippen LogP contribution in [0.2, 0.25) is 0 Å². The number of aryl methyl sites for hydroxylation is 1. The number of carbonyl (C=O) groups excluding carboxylic acids is 3. The monoisotopic (exact) mass is 328 g/mol. The summed E-state index contributed by atoms with van der Waals surface area (Å²) in [5, 5.41) is 2.81. The Bertz CT molecular complexity index is 719. The number of para-hydroxylation sites is 2. The molecule has 0 aliphatic carbocycles. The number of benzene rings is 1. The third kappa shape index (κ3) is 3.79. The van der Waals surface area contributed by atoms with Crippen LogP contribution in [0.4, 0.5) is 0 Å². The number of imide groups is 1. The Balaban J connectivity index is 1.36. The van der Waals surface area contributed by atoms with Crippen LogP contribution in [0, 0.1) is 0 Å². The Hall–Kier alpha value is -2.70. The number of aromatic nitrogens is 2. The Morgan fingerprint density at radius 3 is 2.71 bits per heavy atom. The Kier molecular flexibility index (Phi) is 4.88. The summed E-state index contributed by atoms with van der Waals surface area (Å²) < 4.78 is 0. The van der Waals surface area contributed by atoms with Gasteiger partial charge in [-0.1, -0.05) is 12.1 Å². The largest absolute Gasteiger partial charge is 0.356 e. The van der Waals surface area contributed by atoms with Crippen LogP contribution in [0.5, 0.6) is 0 Å². The summed E-state index contributed by atoms with van der Waals surface area (Å²) in [6, 6.07) is 7.84. The third-order valence-corrected chi connectivity index (χ3v) is 4.07. The van der Waals surface area contributed by atoms with Gasteiger partial charge in [-0.25, -0.2) is 4.98 Å². The lowest BCUT2D eigenvalue weighted by Crippen LogP contribution is -2.34. The van der Waals surface area contributed by atoms with Crippen LogP contribution in [0.25, 0.3) is 11.0 Å². The molecule has 24 heavy (non-hydrogen) atoms. The number of nitrogens with one attached hydrogen (secondary N) is 2. The molecule has 0 atom stereocenters. The van der Waals surface area contributed by atoms with Crippen LogP contribution in [-0.4, -0.2) is 45.7 Å². The topological polar surface area (TPSA) is 95.2 Å². The summed E-state index contributed by atoms with van der Waals surface area (Å²) in [5.41, 5.74) is 1.95. The molecule has 3 rings (SSSR count). The summed E-state index contributed by atoms with van der Waals surface area (Å²) >= 11 is 0. The van der Waals surface area contributed by atoms with E-state index in [0.717, 1.165) is 29.7 Å². The molecule has 2 aromatic rings. The Morgan fingerprint density at radius 1 is 1.21 bits per heavy atom. The van der Waals surface area contributed by atoms with Crippen molar-refractivity contribution in [2.24, 2.45) is 0 Å². The number of nitrogens with zero attached hydrogens (tertiary/aromatic N) is 2. The second kappa shape index (κ2) is 7.25. The van der Waals surface area contributed by atoms with Gasteiger partial charge in [0.2, 0.25) is 17.7 Å². The fourth-order valence-electron chi connectivity index (χ4n) is 2.78. The summed E-state index contributed by atoms with van der Waals surface area (Å²) in [4.78, 5) is 43.6. The molecule has 2 heterocycles. The first-order chi connectivity index (χ1) is 11.6. The molecule has 1 aromatic heterocycles. The predicted molar refractivity (Wildman–Crippen MR) is 88.0 cm³/mol. The summed E-state index contributed by atoms with van der Waals surface area (Å²) in [7, 11) is 0. The van der Waals surface area contributed by atoms with Gasteiger partial charge in [0.05, 0.1) is 11.0 Å². The van der Waals surface area contributed by atoms with Gasteiger partial charge in [0, 0.05) is 38.8 Å². The molecule has 126 valence electrons. The van der Waals surface area contributed by atoms with Crippen LogP contribution in [0.3, 0.4) is 0 Å². The zero-order valence-electron chi connectivity index (χ0n) is 13.4. The number of amides is 3. The molecule has 0 radical (unpaired) electrons. The number of likely N-dealkylation sites (tertiary alicyclic amines) is 1. The van der Waals surface area contributed by atoms with Crippen molar-refractivity contribution in [2.45, 2.75) is 32.1 Å². The summed E-state index contributed by atoms with van der Waals surface area (Å²) in [5.74, 6) is 0.390. The van der Waals surface area contributed by atoms with E-state index < -0.39 is 0 Å². The molecule has 7 nitrogen and oxygen atoms in total. The van der Waals surface area contributed by atoms with Gasteiger partial charge >= 0.3 is 0 Å². The molecular formula is C17H20N4O3. The molecule has 1 saturated heterocycles. The average molecular weight is 328 g/mol. The third-order valence-electron chi connectivity index (χ3n) is 4.07. The first-order valence-corrected chi connectivity index (χ1v) is 8.17. The molecule has 1 fully saturated rings. The van der Waals surface area contributed by atoms with E-state index in [2.05, 4.69) is 15.3 Å². The molecule has 7 heteroatoms. The van der Waals surface area contributed by atoms with Gasteiger partial charge in [-0.2, -0.15) is 0 Å². The SMILES string of the molecule is O=C(CCN1C(=O)CCC1=O)NCCCc1nc2ccccc2[nH]1. The molecule has 2 N–H and O–H groups in total. The quantitative estimate of drug-likeness (QED) is 0.589. The number of hydrogen-bond donors (Lipinski definition) is 2. The van der Waals surface area contributed by atoms with E-state index in [1.165, 1.54) is 4.90 Å². The van der Waals surface area contributed by atoms with E-state index in [1.807, 2.05) is 24.3 Å². The van der Waals surface area contributed by atoms with Crippen molar-refractivity contribution in [2.75, 3.05) is 13.1 Å². The van der Waals surface area contributed by atoms with Crippen molar-refractivity contribution in [3.05, 3.63) is 30.1 Å². The van der Waals surface area contributed by atoms with Crippen LogP contribution < -0.4 is 5.32 Å². The fraction of sp³-hybridized carbons (Fsp3) is 0.412. The molecule has 0 unspecified atom stereocenters. The van der Waals surface area contributed by atoms with Gasteiger partial charge < -0.3 is 10.3 Å². The van der Waals surface area contributed by atoms with Crippen LogP contribution >= 0.6 is 0 Å². The van der Waals surface area contributed by atoms with E-state index in [0.29, 0.717) is 6.54 Å². The van der Waals surface area contributed by atoms with Crippen LogP contribution in [0.15, 0.2) is 24.3 Å². The molecule has 0 bridgehead atoms. The minimum atomic E-state index is -0.183. The van der Waals surface area contributed by atoms with Crippen LogP contribution in [-0.2, 0) is 20.8 Å². The number of carbonyl (C=O) groups is 3. The molecular weight excluding hydrogens is 308 g/mol. The minimum Gasteiger partial charge on any atom is -0.356 e. The van der Waals surface area contributed by atoms with Crippen LogP contribution in [0.1, 0.15) is 31.5 Å². The first-order valence-electron chi connectivity index (χ1n) is 8.17. The number of aromatic amines is 1. The van der Waals surface area contributed by atoms with Crippen molar-refractivity contribution in [3.8, 4) is 0 Å². The lowest BCUT2D eigenvalue weighted by Gasteiger charge is -2.13. The van der Waals surface area contributed by atoms with Crippen molar-refractivity contribution in [1.29, 1.82) is 0 Å². The van der Waals surface area contributed by atoms with Gasteiger partial charge in [-0.3, -0.25) is 19.3 Å². The van der Waals surface area contributed by atoms with Crippen molar-refractivity contribution >= 4 is 28.8 Å². The average Bonchev–Trinajstić information content (AvgIpc) is 3.13. The van der Waals surface area contributed by atoms with Gasteiger partial charge in [-0.15, -0.1) is 0 Å². The standard InChI is InChI=1S/C17H20N4O3/c22-15(9-11-21-16(23)7-8-17(21)24)18-10-3-6-14-19-12-4-1-2-5-13(12)20-14/h1-2,4-5H,3,6-11H2,(H,18,22)(H,19,20). The number of hydrogen-bond acceptors (Lipinski definition) is 4. The second-order valence-corrected chi connectivity index (χ2v) is 5.84. The highest BCUT2D eigenvalue weighted by atomic mass is 16.2. The second-order valence-electron chi connectivity index (χ2n) is 5.84. The van der Waals surface area contributed by atoms with E-state index in [1.54, 1.807) is 0 Å². The number of rotatable bonds is 7. The zero-order chi connectivity index (χ0) is 16.9. The van der Waals surface area contributed by atoms with E-state index in [-0.39, 0.29) is 43.5 Å². The lowest BCUT2D eigenvalue weighted by atomic mass is 10.3. The van der Waals surface area contributed by atoms with E-state index in [4.69, 9.17) is 0 Å². The Labute approximate surface area is 139 Å². The van der Waals surface area contributed by atoms with Gasteiger partial charge in [0.25, 0.3) is 0 Å². The van der Waals surface area contributed by atoms with Crippen molar-refractivity contribution in [1.82, 2.24) is 20.2 Å². The van der Waals surface area contributed by atoms with E-state index in [9.17, 15) is 14.4 Å². The number of imidazole rings is 1. The molecule has 1 aliphatic heterocycles. The molecule has 3 amide bonds. The zero-order valence-corrected chi connectivity index (χ0v) is 13.4. The Morgan fingerprint density at radius 2 is 1.96 bits per heavy atom. The summed E-state index contributed by atoms with van der Waals surface area (Å²) in [6.07, 6.45) is 2.20. The molecule has 0 spiro atoms. The van der Waals surface area contributed by atoms with Gasteiger partial charge in [0.15, 0.2) is 0 Å². The predicted octanol–water partition coefficient (Wildman–Crippen LogP) is 1.15. The van der Waals surface area contributed by atoms with Gasteiger partial charge in [0.1, 0.15) is 5.82 Å². The maximum absolute atomic E-state index is 11.8. The van der Waals surface area contributed by atoms with Crippen molar-refractivity contribution in [3.63, 3.8) is 0 Å². The number of fused-ring (bicyclic) bond motifs is 1. The highest BCUT2D eigenvalue weighted by Crippen LogP contribution is 2.12. The highest BCUT2D eigenvalue weighted by Gasteiger charge is 2.28. The first kappa shape index (κ1) is 16.2. The fourth-order valence-corrected chi connectivity index (χ4v) is 2.78. The summed E-state index contributed by atoms with van der Waals surface area (Å²) in [6.45, 7) is 0.713. The smallest absolute Gasteiger partial charge is 0.229 e. The lowest BCUT2D eigenvalue weighted by molar-refractivity contribution is -0.138. The van der Waals surface area contributed by atoms with Crippen molar-refractivity contribution < 1.29 is 14.4 Å². The normalized spacial score (nSPS) is 14.6.